The highest BCUT2D eigenvalue weighted by atomic mass is 16.6. The number of ether oxygens (including phenoxy) is 3. The van der Waals surface area contributed by atoms with E-state index in [1.54, 1.807) is 38.1 Å². The van der Waals surface area contributed by atoms with E-state index in [1.807, 2.05) is 65.0 Å². The molecule has 1 unspecified atom stereocenters. The molecule has 0 spiro atoms. The van der Waals surface area contributed by atoms with Crippen molar-refractivity contribution < 1.29 is 33.4 Å². The van der Waals surface area contributed by atoms with Gasteiger partial charge in [-0.1, -0.05) is 64.4 Å². The van der Waals surface area contributed by atoms with Crippen molar-refractivity contribution in [1.29, 1.82) is 0 Å². The number of morpholine rings is 1. The van der Waals surface area contributed by atoms with Crippen molar-refractivity contribution in [3.63, 3.8) is 0 Å². The molecule has 0 aromatic heterocycles. The molecule has 0 radical (unpaired) electrons. The molecule has 2 saturated heterocycles. The van der Waals surface area contributed by atoms with Crippen molar-refractivity contribution in [2.24, 2.45) is 11.8 Å². The lowest BCUT2D eigenvalue weighted by Crippen LogP contribution is -2.60. The largest absolute Gasteiger partial charge is 0.379 e. The minimum atomic E-state index is -0.900. The van der Waals surface area contributed by atoms with Crippen molar-refractivity contribution in [3.05, 3.63) is 35.9 Å². The van der Waals surface area contributed by atoms with Crippen LogP contribution in [0.2, 0.25) is 0 Å². The highest BCUT2D eigenvalue weighted by molar-refractivity contribution is 5.88. The molecule has 47 heavy (non-hydrogen) atoms. The van der Waals surface area contributed by atoms with Crippen LogP contribution in [0.25, 0.3) is 0 Å². The molecule has 2 heterocycles. The van der Waals surface area contributed by atoms with Crippen molar-refractivity contribution in [1.82, 2.24) is 25.8 Å². The van der Waals surface area contributed by atoms with E-state index in [0.29, 0.717) is 13.0 Å². The predicted molar refractivity (Wildman–Crippen MR) is 179 cm³/mol. The monoisotopic (exact) mass is 659 g/mol. The minimum absolute atomic E-state index is 0.00969. The minimum Gasteiger partial charge on any atom is -0.379 e. The zero-order chi connectivity index (χ0) is 34.8. The van der Waals surface area contributed by atoms with Crippen LogP contribution in [-0.2, 0) is 33.4 Å². The summed E-state index contributed by atoms with van der Waals surface area (Å²) in [5.74, 6) is -0.834. The second-order valence-electron chi connectivity index (χ2n) is 13.3. The van der Waals surface area contributed by atoms with E-state index in [-0.39, 0.29) is 66.6 Å². The zero-order valence-electron chi connectivity index (χ0n) is 29.7. The van der Waals surface area contributed by atoms with Gasteiger partial charge in [-0.2, -0.15) is 0 Å². The van der Waals surface area contributed by atoms with Crippen molar-refractivity contribution in [3.8, 4) is 0 Å². The van der Waals surface area contributed by atoms with Crippen LogP contribution >= 0.6 is 0 Å². The third-order valence-electron chi connectivity index (χ3n) is 9.87. The maximum Gasteiger partial charge on any atom is 0.252 e. The van der Waals surface area contributed by atoms with Crippen LogP contribution in [-0.4, -0.2) is 117 Å². The van der Waals surface area contributed by atoms with Crippen LogP contribution in [0.1, 0.15) is 72.0 Å². The summed E-state index contributed by atoms with van der Waals surface area (Å²) in [7, 11) is 6.52. The normalized spacial score (nSPS) is 24.6. The van der Waals surface area contributed by atoms with Gasteiger partial charge in [0.25, 0.3) is 5.91 Å². The average Bonchev–Trinajstić information content (AvgIpc) is 3.54. The summed E-state index contributed by atoms with van der Waals surface area (Å²) in [6, 6.07) is 8.33. The average molecular weight is 660 g/mol. The van der Waals surface area contributed by atoms with Gasteiger partial charge in [-0.15, -0.1) is 0 Å². The standard InChI is InChI=1S/C35H57N5O7/c1-10-22(4)30(39(7)28(42)20-37-34(43)29(36-6)21(2)3)26(45-8)19-27(41)40-18-14-17-25(40)32(46-9)33-35(44)38-23(5)31(47-33)24-15-12-11-13-16-24/h11-13,15-16,21-23,25-26,29-33,36H,10,14,17-20H2,1-9H3,(H,37,43)(H,38,44)/t22-,23+,25-,26+,29?,30-,31+,32-,33+/m0/s1. The van der Waals surface area contributed by atoms with Gasteiger partial charge in [0.05, 0.1) is 43.2 Å². The first-order valence-electron chi connectivity index (χ1n) is 17.0. The molecule has 0 bridgehead atoms. The van der Waals surface area contributed by atoms with E-state index in [9.17, 15) is 19.2 Å². The van der Waals surface area contributed by atoms with Crippen LogP contribution in [0.5, 0.6) is 0 Å². The molecule has 1 aromatic rings. The second-order valence-corrected chi connectivity index (χ2v) is 13.3. The number of benzene rings is 1. The Balaban J connectivity index is 1.75. The Morgan fingerprint density at radius 3 is 2.38 bits per heavy atom. The van der Waals surface area contributed by atoms with Gasteiger partial charge in [-0.3, -0.25) is 19.2 Å². The fourth-order valence-electron chi connectivity index (χ4n) is 7.09. The maximum atomic E-state index is 14.0. The Hall–Kier alpha value is -3.06. The van der Waals surface area contributed by atoms with Gasteiger partial charge in [0, 0.05) is 27.8 Å². The number of nitrogens with zero attached hydrogens (tertiary/aromatic N) is 2. The molecule has 264 valence electrons. The number of carbonyl (C=O) groups is 4. The van der Waals surface area contributed by atoms with Crippen LogP contribution in [0.3, 0.4) is 0 Å². The predicted octanol–water partition coefficient (Wildman–Crippen LogP) is 2.28. The molecule has 9 atom stereocenters. The molecule has 0 aliphatic carbocycles. The lowest BCUT2D eigenvalue weighted by Gasteiger charge is -2.42. The third kappa shape index (κ3) is 9.31. The number of likely N-dealkylation sites (N-methyl/N-ethyl adjacent to an activating group) is 2. The van der Waals surface area contributed by atoms with Crippen LogP contribution in [0.4, 0.5) is 0 Å². The third-order valence-corrected chi connectivity index (χ3v) is 9.87. The first kappa shape index (κ1) is 38.4. The van der Waals surface area contributed by atoms with E-state index >= 15 is 0 Å². The Morgan fingerprint density at radius 1 is 1.13 bits per heavy atom. The van der Waals surface area contributed by atoms with E-state index < -0.39 is 30.4 Å². The number of carbonyl (C=O) groups excluding carboxylic acids is 4. The summed E-state index contributed by atoms with van der Waals surface area (Å²) in [4.78, 5) is 56.7. The summed E-state index contributed by atoms with van der Waals surface area (Å²) in [5, 5.41) is 8.81. The summed E-state index contributed by atoms with van der Waals surface area (Å²) in [6.07, 6.45) is -0.305. The Kier molecular flexibility index (Phi) is 14.6. The van der Waals surface area contributed by atoms with E-state index in [1.165, 1.54) is 0 Å². The Labute approximate surface area is 280 Å². The SMILES string of the molecule is CC[C@H](C)[C@@H]([C@@H](CC(=O)N1CCC[C@H]1[C@H](OC)[C@H]1O[C@@H](c2ccccc2)[C@@H](C)NC1=O)OC)N(C)C(=O)CNC(=O)C(NC)C(C)C. The molecule has 4 amide bonds. The van der Waals surface area contributed by atoms with Gasteiger partial charge < -0.3 is 40.0 Å². The summed E-state index contributed by atoms with van der Waals surface area (Å²) in [5.41, 5.74) is 0.957. The number of nitrogens with one attached hydrogen (secondary N) is 3. The van der Waals surface area contributed by atoms with Crippen LogP contribution in [0.15, 0.2) is 30.3 Å². The van der Waals surface area contributed by atoms with Crippen molar-refractivity contribution in [2.45, 2.75) is 109 Å². The van der Waals surface area contributed by atoms with Gasteiger partial charge in [-0.05, 0) is 44.2 Å². The van der Waals surface area contributed by atoms with E-state index in [2.05, 4.69) is 16.0 Å². The number of likely N-dealkylation sites (tertiary alicyclic amines) is 1. The van der Waals surface area contributed by atoms with E-state index in [0.717, 1.165) is 18.4 Å². The highest BCUT2D eigenvalue weighted by Gasteiger charge is 2.47. The number of methoxy groups -OCH3 is 2. The molecule has 12 heteroatoms. The Bertz CT molecular complexity index is 1180. The number of hydrogen-bond donors (Lipinski definition) is 3. The zero-order valence-corrected chi connectivity index (χ0v) is 29.7. The van der Waals surface area contributed by atoms with Gasteiger partial charge in [0.15, 0.2) is 6.10 Å². The van der Waals surface area contributed by atoms with Crippen molar-refractivity contribution >= 4 is 23.6 Å². The lowest BCUT2D eigenvalue weighted by atomic mass is 9.90. The first-order valence-corrected chi connectivity index (χ1v) is 17.0. The quantitative estimate of drug-likeness (QED) is 0.246. The summed E-state index contributed by atoms with van der Waals surface area (Å²) in [6.45, 7) is 10.2. The molecule has 1 aromatic carbocycles. The van der Waals surface area contributed by atoms with Gasteiger partial charge in [0.1, 0.15) is 12.2 Å². The first-order chi connectivity index (χ1) is 22.4. The highest BCUT2D eigenvalue weighted by Crippen LogP contribution is 2.33. The number of rotatable bonds is 16. The Morgan fingerprint density at radius 2 is 1.81 bits per heavy atom. The van der Waals surface area contributed by atoms with Gasteiger partial charge >= 0.3 is 0 Å². The molecular formula is C35H57N5O7. The maximum absolute atomic E-state index is 14.0. The number of hydrogen-bond acceptors (Lipinski definition) is 8. The fourth-order valence-corrected chi connectivity index (χ4v) is 7.09. The number of amides is 4. The fraction of sp³-hybridized carbons (Fsp3) is 0.714. The van der Waals surface area contributed by atoms with Gasteiger partial charge in [-0.25, -0.2) is 0 Å². The smallest absolute Gasteiger partial charge is 0.252 e. The lowest BCUT2D eigenvalue weighted by molar-refractivity contribution is -0.173. The molecule has 3 rings (SSSR count). The summed E-state index contributed by atoms with van der Waals surface area (Å²) >= 11 is 0. The molecule has 2 aliphatic heterocycles. The molecular weight excluding hydrogens is 602 g/mol. The van der Waals surface area contributed by atoms with Crippen LogP contribution in [0, 0.1) is 11.8 Å². The molecule has 2 fully saturated rings. The topological polar surface area (TPSA) is 139 Å². The summed E-state index contributed by atoms with van der Waals surface area (Å²) < 4.78 is 18.3. The van der Waals surface area contributed by atoms with E-state index in [4.69, 9.17) is 14.2 Å². The second kappa shape index (κ2) is 17.9. The molecule has 0 saturated carbocycles. The van der Waals surface area contributed by atoms with Crippen molar-refractivity contribution in [2.75, 3.05) is 41.4 Å². The molecule has 12 nitrogen and oxygen atoms in total. The molecule has 2 aliphatic rings. The van der Waals surface area contributed by atoms with Gasteiger partial charge in [0.2, 0.25) is 17.7 Å². The van der Waals surface area contributed by atoms with Crippen LogP contribution < -0.4 is 16.0 Å². The molecule has 3 N–H and O–H groups in total.